The van der Waals surface area contributed by atoms with Gasteiger partial charge in [0.1, 0.15) is 16.6 Å². The second-order valence-electron chi connectivity index (χ2n) is 4.32. The minimum Gasteiger partial charge on any atom is -0.465 e. The predicted octanol–water partition coefficient (Wildman–Crippen LogP) is 2.43. The van der Waals surface area contributed by atoms with Gasteiger partial charge in [-0.15, -0.1) is 0 Å². The topological polar surface area (TPSA) is 59.8 Å². The summed E-state index contributed by atoms with van der Waals surface area (Å²) in [6.45, 7) is 3.33. The third-order valence-electron chi connectivity index (χ3n) is 2.34. The molecule has 2 rings (SSSR count). The zero-order chi connectivity index (χ0) is 14.7. The van der Waals surface area contributed by atoms with Crippen molar-refractivity contribution in [2.75, 3.05) is 6.54 Å². The first-order valence-electron chi connectivity index (χ1n) is 5.95. The van der Waals surface area contributed by atoms with E-state index in [1.807, 2.05) is 0 Å². The van der Waals surface area contributed by atoms with Crippen LogP contribution < -0.4 is 0 Å². The fourth-order valence-electron chi connectivity index (χ4n) is 1.57. The van der Waals surface area contributed by atoms with Crippen LogP contribution >= 0.6 is 24.0 Å². The lowest BCUT2D eigenvalue weighted by atomic mass is 10.3. The number of esters is 1. The van der Waals surface area contributed by atoms with Crippen molar-refractivity contribution in [1.29, 1.82) is 0 Å². The molecule has 0 aromatic carbocycles. The molecule has 0 atom stereocenters. The maximum Gasteiger partial charge on any atom is 0.326 e. The van der Waals surface area contributed by atoms with E-state index in [1.165, 1.54) is 11.2 Å². The molecular weight excluding hydrogens is 298 g/mol. The van der Waals surface area contributed by atoms with Crippen LogP contribution in [-0.2, 0) is 14.3 Å². The molecule has 1 aliphatic rings. The van der Waals surface area contributed by atoms with Crippen LogP contribution in [0.15, 0.2) is 27.7 Å². The maximum atomic E-state index is 12.2. The molecule has 1 amide bonds. The van der Waals surface area contributed by atoms with E-state index < -0.39 is 5.97 Å². The number of carbonyl (C=O) groups excluding carboxylic acids is 2. The number of furan rings is 1. The van der Waals surface area contributed by atoms with Gasteiger partial charge in [0.15, 0.2) is 0 Å². The molecule has 0 spiro atoms. The van der Waals surface area contributed by atoms with E-state index in [4.69, 9.17) is 21.4 Å². The Bertz CT molecular complexity index is 563. The van der Waals surface area contributed by atoms with Crippen LogP contribution in [-0.4, -0.2) is 33.7 Å². The van der Waals surface area contributed by atoms with Crippen molar-refractivity contribution in [1.82, 2.24) is 4.90 Å². The van der Waals surface area contributed by atoms with Crippen molar-refractivity contribution < 1.29 is 18.7 Å². The number of hydrogen-bond donors (Lipinski definition) is 0. The number of rotatable bonds is 4. The van der Waals surface area contributed by atoms with Crippen LogP contribution in [0, 0.1) is 0 Å². The zero-order valence-corrected chi connectivity index (χ0v) is 12.6. The Kier molecular flexibility index (Phi) is 4.61. The molecule has 1 fully saturated rings. The van der Waals surface area contributed by atoms with Gasteiger partial charge in [-0.2, -0.15) is 0 Å². The Balaban J connectivity index is 2.07. The fourth-order valence-corrected chi connectivity index (χ4v) is 2.80. The second-order valence-corrected chi connectivity index (χ2v) is 6.00. The van der Waals surface area contributed by atoms with E-state index in [-0.39, 0.29) is 18.6 Å². The summed E-state index contributed by atoms with van der Waals surface area (Å²) in [5, 5.41) is 0. The van der Waals surface area contributed by atoms with E-state index in [9.17, 15) is 9.59 Å². The summed E-state index contributed by atoms with van der Waals surface area (Å²) >= 11 is 6.25. The Hall–Kier alpha value is -1.60. The van der Waals surface area contributed by atoms with Crippen LogP contribution in [0.5, 0.6) is 0 Å². The number of hydrogen-bond acceptors (Lipinski definition) is 6. The maximum absolute atomic E-state index is 12.2. The van der Waals surface area contributed by atoms with Gasteiger partial charge in [-0.1, -0.05) is 24.0 Å². The highest BCUT2D eigenvalue weighted by molar-refractivity contribution is 8.26. The highest BCUT2D eigenvalue weighted by Crippen LogP contribution is 2.32. The lowest BCUT2D eigenvalue weighted by molar-refractivity contribution is -0.149. The van der Waals surface area contributed by atoms with Crippen LogP contribution in [0.4, 0.5) is 0 Å². The van der Waals surface area contributed by atoms with Crippen molar-refractivity contribution in [3.63, 3.8) is 0 Å². The Morgan fingerprint density at radius 2 is 2.35 bits per heavy atom. The Morgan fingerprint density at radius 1 is 1.60 bits per heavy atom. The highest BCUT2D eigenvalue weighted by atomic mass is 32.2. The molecule has 106 valence electrons. The summed E-state index contributed by atoms with van der Waals surface area (Å²) in [4.78, 5) is 25.4. The summed E-state index contributed by atoms with van der Waals surface area (Å²) < 4.78 is 10.5. The fraction of sp³-hybridized carbons (Fsp3) is 0.308. The zero-order valence-electron chi connectivity index (χ0n) is 11.0. The molecule has 0 N–H and O–H groups in total. The molecule has 0 radical (unpaired) electrons. The van der Waals surface area contributed by atoms with Gasteiger partial charge >= 0.3 is 5.97 Å². The standard InChI is InChI=1S/C13H13NO4S2/c1-8(2)18-11(15)7-14-12(16)10(20-13(14)19)6-9-4-3-5-17-9/h3-6,8H,7H2,1-2H3. The quantitative estimate of drug-likeness (QED) is 0.483. The van der Waals surface area contributed by atoms with Crippen molar-refractivity contribution in [2.24, 2.45) is 0 Å². The predicted molar refractivity (Wildman–Crippen MR) is 79.8 cm³/mol. The van der Waals surface area contributed by atoms with Gasteiger partial charge in [0.05, 0.1) is 17.3 Å². The minimum absolute atomic E-state index is 0.168. The number of nitrogens with zero attached hydrogens (tertiary/aromatic N) is 1. The van der Waals surface area contributed by atoms with E-state index >= 15 is 0 Å². The molecule has 0 aliphatic carbocycles. The number of carbonyl (C=O) groups is 2. The normalized spacial score (nSPS) is 17.4. The minimum atomic E-state index is -0.476. The average Bonchev–Trinajstić information content (AvgIpc) is 2.93. The molecule has 1 aliphatic heterocycles. The highest BCUT2D eigenvalue weighted by Gasteiger charge is 2.34. The first-order chi connectivity index (χ1) is 9.47. The number of thiocarbonyl (C=S) groups is 1. The van der Waals surface area contributed by atoms with Gasteiger partial charge in [0.25, 0.3) is 5.91 Å². The summed E-state index contributed by atoms with van der Waals surface area (Å²) in [5.74, 6) is -0.220. The van der Waals surface area contributed by atoms with Crippen LogP contribution in [0.1, 0.15) is 19.6 Å². The number of thioether (sulfide) groups is 1. The van der Waals surface area contributed by atoms with Crippen molar-refractivity contribution in [3.05, 3.63) is 29.1 Å². The third kappa shape index (κ3) is 3.49. The summed E-state index contributed by atoms with van der Waals surface area (Å²) in [6, 6.07) is 3.46. The average molecular weight is 311 g/mol. The number of amides is 1. The molecule has 7 heteroatoms. The molecule has 0 unspecified atom stereocenters. The Morgan fingerprint density at radius 3 is 2.95 bits per heavy atom. The van der Waals surface area contributed by atoms with Crippen LogP contribution in [0.2, 0.25) is 0 Å². The van der Waals surface area contributed by atoms with Gasteiger partial charge in [0.2, 0.25) is 0 Å². The third-order valence-corrected chi connectivity index (χ3v) is 3.72. The van der Waals surface area contributed by atoms with Crippen molar-refractivity contribution in [2.45, 2.75) is 20.0 Å². The summed E-state index contributed by atoms with van der Waals surface area (Å²) in [5.41, 5.74) is 0. The van der Waals surface area contributed by atoms with Crippen molar-refractivity contribution in [3.8, 4) is 0 Å². The molecule has 2 heterocycles. The second kappa shape index (κ2) is 6.23. The van der Waals surface area contributed by atoms with E-state index in [1.54, 1.807) is 32.1 Å². The smallest absolute Gasteiger partial charge is 0.326 e. The van der Waals surface area contributed by atoms with Crippen LogP contribution in [0.3, 0.4) is 0 Å². The molecule has 1 aromatic rings. The van der Waals surface area contributed by atoms with Gasteiger partial charge < -0.3 is 9.15 Å². The largest absolute Gasteiger partial charge is 0.465 e. The van der Waals surface area contributed by atoms with Gasteiger partial charge in [0, 0.05) is 6.08 Å². The van der Waals surface area contributed by atoms with E-state index in [0.717, 1.165) is 11.8 Å². The molecule has 1 aromatic heterocycles. The monoisotopic (exact) mass is 311 g/mol. The summed E-state index contributed by atoms with van der Waals surface area (Å²) in [6.07, 6.45) is 2.90. The van der Waals surface area contributed by atoms with Crippen molar-refractivity contribution >= 4 is 46.3 Å². The molecular formula is C13H13NO4S2. The number of ether oxygens (including phenoxy) is 1. The van der Waals surface area contributed by atoms with Gasteiger partial charge in [-0.05, 0) is 26.0 Å². The van der Waals surface area contributed by atoms with E-state index in [2.05, 4.69) is 0 Å². The van der Waals surface area contributed by atoms with Crippen LogP contribution in [0.25, 0.3) is 6.08 Å². The molecule has 5 nitrogen and oxygen atoms in total. The van der Waals surface area contributed by atoms with E-state index in [0.29, 0.717) is 15.0 Å². The molecule has 20 heavy (non-hydrogen) atoms. The molecule has 0 bridgehead atoms. The first kappa shape index (κ1) is 14.8. The lowest BCUT2D eigenvalue weighted by Gasteiger charge is -2.14. The molecule has 0 saturated carbocycles. The lowest BCUT2D eigenvalue weighted by Crippen LogP contribution is -2.35. The van der Waals surface area contributed by atoms with Gasteiger partial charge in [-0.25, -0.2) is 0 Å². The first-order valence-corrected chi connectivity index (χ1v) is 7.18. The summed E-state index contributed by atoms with van der Waals surface area (Å²) in [7, 11) is 0. The Labute approximate surface area is 125 Å². The SMILES string of the molecule is CC(C)OC(=O)CN1C(=O)C(=Cc2ccco2)SC1=S. The van der Waals surface area contributed by atoms with Gasteiger partial charge in [-0.3, -0.25) is 14.5 Å². The molecule has 1 saturated heterocycles.